The van der Waals surface area contributed by atoms with E-state index in [9.17, 15) is 4.79 Å². The van der Waals surface area contributed by atoms with Crippen molar-refractivity contribution in [1.29, 1.82) is 0 Å². The molecule has 1 aliphatic rings. The highest BCUT2D eigenvalue weighted by atomic mass is 16.6. The number of carbonyl (C=O) groups is 1. The Morgan fingerprint density at radius 1 is 1.26 bits per heavy atom. The van der Waals surface area contributed by atoms with Gasteiger partial charge in [0.2, 0.25) is 0 Å². The van der Waals surface area contributed by atoms with Crippen molar-refractivity contribution < 1.29 is 19.0 Å². The number of esters is 1. The summed E-state index contributed by atoms with van der Waals surface area (Å²) in [6.07, 6.45) is 1.52. The van der Waals surface area contributed by atoms with Crippen molar-refractivity contribution in [3.05, 3.63) is 23.3 Å². The summed E-state index contributed by atoms with van der Waals surface area (Å²) in [6.45, 7) is 2.47. The molecule has 2 N–H and O–H groups in total. The molecule has 1 atom stereocenters. The van der Waals surface area contributed by atoms with Crippen molar-refractivity contribution in [2.75, 3.05) is 20.3 Å². The second kappa shape index (κ2) is 5.93. The Balaban J connectivity index is 2.22. The van der Waals surface area contributed by atoms with E-state index in [0.717, 1.165) is 29.7 Å². The minimum absolute atomic E-state index is 0.0806. The minimum Gasteiger partial charge on any atom is -0.494 e. The summed E-state index contributed by atoms with van der Waals surface area (Å²) >= 11 is 0. The molecule has 19 heavy (non-hydrogen) atoms. The van der Waals surface area contributed by atoms with Crippen LogP contribution in [0, 0.1) is 0 Å². The molecular formula is C14H19NO4. The van der Waals surface area contributed by atoms with Crippen LogP contribution in [0.5, 0.6) is 11.5 Å². The Morgan fingerprint density at radius 3 is 2.37 bits per heavy atom. The number of hydrogen-bond donors (Lipinski definition) is 1. The number of benzene rings is 1. The standard InChI is InChI=1S/C14H19NO4/c1-3-18-12-4-5-13(19-8-14(16)17-2)11-7-9(15)6-10(11)12/h4-5,9H,3,6-8,15H2,1-2H3. The number of fused-ring (bicyclic) bond motifs is 1. The molecule has 2 rings (SSSR count). The van der Waals surface area contributed by atoms with Crippen LogP contribution in [0.3, 0.4) is 0 Å². The summed E-state index contributed by atoms with van der Waals surface area (Å²) in [5.74, 6) is 1.15. The maximum Gasteiger partial charge on any atom is 0.343 e. The van der Waals surface area contributed by atoms with Crippen LogP contribution in [0.15, 0.2) is 12.1 Å². The molecular weight excluding hydrogens is 246 g/mol. The Kier molecular flexibility index (Phi) is 4.27. The zero-order valence-electron chi connectivity index (χ0n) is 11.3. The number of ether oxygens (including phenoxy) is 3. The first-order valence-corrected chi connectivity index (χ1v) is 6.38. The van der Waals surface area contributed by atoms with Crippen LogP contribution in [0.1, 0.15) is 18.1 Å². The van der Waals surface area contributed by atoms with Gasteiger partial charge in [0.05, 0.1) is 13.7 Å². The van der Waals surface area contributed by atoms with Crippen molar-refractivity contribution in [2.45, 2.75) is 25.8 Å². The first kappa shape index (κ1) is 13.7. The molecule has 104 valence electrons. The molecule has 5 nitrogen and oxygen atoms in total. The van der Waals surface area contributed by atoms with E-state index >= 15 is 0 Å². The molecule has 0 saturated carbocycles. The van der Waals surface area contributed by atoms with Gasteiger partial charge in [-0.2, -0.15) is 0 Å². The average Bonchev–Trinajstić information content (AvgIpc) is 2.79. The molecule has 0 saturated heterocycles. The van der Waals surface area contributed by atoms with Gasteiger partial charge in [0, 0.05) is 17.2 Å². The van der Waals surface area contributed by atoms with Gasteiger partial charge in [0.25, 0.3) is 0 Å². The maximum absolute atomic E-state index is 11.1. The Labute approximate surface area is 112 Å². The lowest BCUT2D eigenvalue weighted by molar-refractivity contribution is -0.142. The number of hydrogen-bond acceptors (Lipinski definition) is 5. The van der Waals surface area contributed by atoms with Crippen LogP contribution >= 0.6 is 0 Å². The first-order chi connectivity index (χ1) is 9.15. The van der Waals surface area contributed by atoms with Gasteiger partial charge in [-0.1, -0.05) is 0 Å². The zero-order valence-corrected chi connectivity index (χ0v) is 11.3. The second-order valence-corrected chi connectivity index (χ2v) is 4.49. The van der Waals surface area contributed by atoms with E-state index in [1.54, 1.807) is 0 Å². The van der Waals surface area contributed by atoms with Crippen molar-refractivity contribution in [2.24, 2.45) is 5.73 Å². The van der Waals surface area contributed by atoms with Gasteiger partial charge in [-0.15, -0.1) is 0 Å². The molecule has 1 aromatic carbocycles. The lowest BCUT2D eigenvalue weighted by atomic mass is 10.1. The van der Waals surface area contributed by atoms with E-state index in [4.69, 9.17) is 15.2 Å². The summed E-state index contributed by atoms with van der Waals surface area (Å²) in [5.41, 5.74) is 8.14. The molecule has 0 radical (unpaired) electrons. The third kappa shape index (κ3) is 2.98. The highest BCUT2D eigenvalue weighted by molar-refractivity contribution is 5.71. The fourth-order valence-corrected chi connectivity index (χ4v) is 2.32. The lowest BCUT2D eigenvalue weighted by Crippen LogP contribution is -2.19. The summed E-state index contributed by atoms with van der Waals surface area (Å²) in [7, 11) is 1.34. The van der Waals surface area contributed by atoms with Gasteiger partial charge in [-0.25, -0.2) is 4.79 Å². The first-order valence-electron chi connectivity index (χ1n) is 6.38. The Bertz CT molecular complexity index is 473. The average molecular weight is 265 g/mol. The van der Waals surface area contributed by atoms with Crippen molar-refractivity contribution in [3.63, 3.8) is 0 Å². The third-order valence-electron chi connectivity index (χ3n) is 3.15. The largest absolute Gasteiger partial charge is 0.494 e. The van der Waals surface area contributed by atoms with E-state index in [0.29, 0.717) is 12.4 Å². The predicted octanol–water partition coefficient (Wildman–Crippen LogP) is 1.06. The van der Waals surface area contributed by atoms with E-state index in [1.807, 2.05) is 19.1 Å². The molecule has 0 amide bonds. The minimum atomic E-state index is -0.398. The molecule has 5 heteroatoms. The smallest absolute Gasteiger partial charge is 0.343 e. The van der Waals surface area contributed by atoms with Crippen molar-refractivity contribution in [3.8, 4) is 11.5 Å². The molecule has 0 bridgehead atoms. The van der Waals surface area contributed by atoms with Gasteiger partial charge >= 0.3 is 5.97 Å². The molecule has 1 aliphatic carbocycles. The SMILES string of the molecule is CCOc1ccc(OCC(=O)OC)c2c1CC(N)C2. The molecule has 0 heterocycles. The number of methoxy groups -OCH3 is 1. The molecule has 0 spiro atoms. The maximum atomic E-state index is 11.1. The van der Waals surface area contributed by atoms with Gasteiger partial charge in [0.15, 0.2) is 6.61 Å². The highest BCUT2D eigenvalue weighted by Crippen LogP contribution is 2.36. The fraction of sp³-hybridized carbons (Fsp3) is 0.500. The van der Waals surface area contributed by atoms with E-state index in [1.165, 1.54) is 7.11 Å². The van der Waals surface area contributed by atoms with Crippen molar-refractivity contribution in [1.82, 2.24) is 0 Å². The number of carbonyl (C=O) groups excluding carboxylic acids is 1. The molecule has 0 aliphatic heterocycles. The lowest BCUT2D eigenvalue weighted by Gasteiger charge is -2.13. The van der Waals surface area contributed by atoms with Crippen LogP contribution in [-0.4, -0.2) is 32.3 Å². The molecule has 1 aromatic rings. The second-order valence-electron chi connectivity index (χ2n) is 4.49. The zero-order chi connectivity index (χ0) is 13.8. The van der Waals surface area contributed by atoms with Gasteiger partial charge < -0.3 is 19.9 Å². The summed E-state index contributed by atoms with van der Waals surface area (Å²) < 4.78 is 15.7. The van der Waals surface area contributed by atoms with E-state index in [2.05, 4.69) is 4.74 Å². The van der Waals surface area contributed by atoms with E-state index in [-0.39, 0.29) is 12.6 Å². The fourth-order valence-electron chi connectivity index (χ4n) is 2.32. The quantitative estimate of drug-likeness (QED) is 0.806. The van der Waals surface area contributed by atoms with Crippen LogP contribution in [0.2, 0.25) is 0 Å². The topological polar surface area (TPSA) is 70.8 Å². The summed E-state index contributed by atoms with van der Waals surface area (Å²) in [4.78, 5) is 11.1. The van der Waals surface area contributed by atoms with Gasteiger partial charge in [-0.3, -0.25) is 0 Å². The Morgan fingerprint density at radius 2 is 1.84 bits per heavy atom. The third-order valence-corrected chi connectivity index (χ3v) is 3.15. The Hall–Kier alpha value is -1.75. The molecule has 0 aromatic heterocycles. The van der Waals surface area contributed by atoms with E-state index < -0.39 is 5.97 Å². The monoisotopic (exact) mass is 265 g/mol. The normalized spacial score (nSPS) is 16.9. The molecule has 0 fully saturated rings. The summed E-state index contributed by atoms with van der Waals surface area (Å²) in [6, 6.07) is 3.77. The number of nitrogens with two attached hydrogens (primary N) is 1. The molecule has 1 unspecified atom stereocenters. The van der Waals surface area contributed by atoms with Gasteiger partial charge in [-0.05, 0) is 31.9 Å². The van der Waals surface area contributed by atoms with Crippen LogP contribution in [0.4, 0.5) is 0 Å². The highest BCUT2D eigenvalue weighted by Gasteiger charge is 2.25. The summed E-state index contributed by atoms with van der Waals surface area (Å²) in [5, 5.41) is 0. The predicted molar refractivity (Wildman–Crippen MR) is 70.5 cm³/mol. The van der Waals surface area contributed by atoms with Gasteiger partial charge in [0.1, 0.15) is 11.5 Å². The van der Waals surface area contributed by atoms with Crippen LogP contribution < -0.4 is 15.2 Å². The van der Waals surface area contributed by atoms with Crippen molar-refractivity contribution >= 4 is 5.97 Å². The van der Waals surface area contributed by atoms with Crippen LogP contribution in [-0.2, 0) is 22.4 Å². The van der Waals surface area contributed by atoms with Crippen LogP contribution in [0.25, 0.3) is 0 Å². The number of rotatable bonds is 5.